The highest BCUT2D eigenvalue weighted by molar-refractivity contribution is 7.99. The van der Waals surface area contributed by atoms with E-state index >= 15 is 0 Å². The van der Waals surface area contributed by atoms with Gasteiger partial charge in [0.15, 0.2) is 11.0 Å². The van der Waals surface area contributed by atoms with Crippen molar-refractivity contribution in [2.45, 2.75) is 12.1 Å². The second-order valence-electron chi connectivity index (χ2n) is 6.96. The van der Waals surface area contributed by atoms with Crippen LogP contribution in [0.3, 0.4) is 0 Å². The van der Waals surface area contributed by atoms with E-state index in [4.69, 9.17) is 9.47 Å². The summed E-state index contributed by atoms with van der Waals surface area (Å²) in [4.78, 5) is 27.0. The van der Waals surface area contributed by atoms with Crippen LogP contribution in [0.4, 0.5) is 0 Å². The van der Waals surface area contributed by atoms with Crippen LogP contribution in [0.2, 0.25) is 0 Å². The molecule has 0 saturated carbocycles. The Morgan fingerprint density at radius 3 is 2.67 bits per heavy atom. The topological polar surface area (TPSA) is 111 Å². The molecule has 170 valence electrons. The molecule has 0 fully saturated rings. The maximum atomic E-state index is 12.2. The van der Waals surface area contributed by atoms with Crippen LogP contribution in [0.5, 0.6) is 5.75 Å². The normalized spacial score (nSPS) is 10.8. The van der Waals surface area contributed by atoms with Crippen LogP contribution in [-0.2, 0) is 14.3 Å². The number of hydrogen-bond acceptors (Lipinski definition) is 7. The molecule has 33 heavy (non-hydrogen) atoms. The summed E-state index contributed by atoms with van der Waals surface area (Å²) in [7, 11) is 1.61. The number of para-hydroxylation sites is 1. The molecule has 0 aliphatic heterocycles. The Kier molecular flexibility index (Phi) is 6.94. The summed E-state index contributed by atoms with van der Waals surface area (Å²) in [6.45, 7) is 1.82. The van der Waals surface area contributed by atoms with Crippen molar-refractivity contribution in [1.29, 1.82) is 0 Å². The quantitative estimate of drug-likeness (QED) is 0.288. The number of methoxy groups -OCH3 is 1. The molecular formula is C23H23N5O4S. The Bertz CT molecular complexity index is 1270. The minimum atomic E-state index is -0.473. The van der Waals surface area contributed by atoms with Crippen molar-refractivity contribution >= 4 is 34.5 Å². The van der Waals surface area contributed by atoms with E-state index in [0.717, 1.165) is 27.9 Å². The third-order valence-electron chi connectivity index (χ3n) is 4.86. The average Bonchev–Trinajstić information content (AvgIpc) is 3.45. The molecule has 2 aromatic carbocycles. The fraction of sp³-hybridized carbons (Fsp3) is 0.217. The lowest BCUT2D eigenvalue weighted by Crippen LogP contribution is -2.31. The average molecular weight is 466 g/mol. The number of thioether (sulfide) groups is 1. The standard InChI is InChI=1S/C23H23N5O4S/c1-3-32-21(30)13-25-20(29)14-33-23-27-26-22(18-12-24-19-7-5-4-6-17(18)19)28(23)15-8-10-16(31-2)11-9-15/h4-12,24H,3,13-14H2,1-2H3,(H,25,29). The van der Waals surface area contributed by atoms with Crippen LogP contribution in [0.15, 0.2) is 59.9 Å². The number of aromatic amines is 1. The lowest BCUT2D eigenvalue weighted by molar-refractivity contribution is -0.143. The van der Waals surface area contributed by atoms with Gasteiger partial charge in [0.05, 0.1) is 19.5 Å². The summed E-state index contributed by atoms with van der Waals surface area (Å²) >= 11 is 1.23. The number of esters is 1. The Labute approximate surface area is 194 Å². The Morgan fingerprint density at radius 1 is 1.12 bits per heavy atom. The van der Waals surface area contributed by atoms with Crippen LogP contribution in [0.1, 0.15) is 6.92 Å². The number of hydrogen-bond donors (Lipinski definition) is 2. The highest BCUT2D eigenvalue weighted by Crippen LogP contribution is 2.32. The molecule has 10 heteroatoms. The lowest BCUT2D eigenvalue weighted by Gasteiger charge is -2.11. The lowest BCUT2D eigenvalue weighted by atomic mass is 10.1. The molecule has 4 rings (SSSR count). The van der Waals surface area contributed by atoms with Crippen molar-refractivity contribution in [1.82, 2.24) is 25.1 Å². The first-order valence-electron chi connectivity index (χ1n) is 10.3. The third-order valence-corrected chi connectivity index (χ3v) is 5.79. The number of H-pyrrole nitrogens is 1. The van der Waals surface area contributed by atoms with Gasteiger partial charge in [-0.2, -0.15) is 0 Å². The van der Waals surface area contributed by atoms with Gasteiger partial charge in [0.25, 0.3) is 0 Å². The van der Waals surface area contributed by atoms with Gasteiger partial charge in [0, 0.05) is 28.4 Å². The molecular weight excluding hydrogens is 442 g/mol. The zero-order valence-electron chi connectivity index (χ0n) is 18.2. The summed E-state index contributed by atoms with van der Waals surface area (Å²) in [6.07, 6.45) is 1.90. The summed E-state index contributed by atoms with van der Waals surface area (Å²) in [5, 5.41) is 12.9. The van der Waals surface area contributed by atoms with E-state index < -0.39 is 5.97 Å². The van der Waals surface area contributed by atoms with Gasteiger partial charge in [-0.25, -0.2) is 0 Å². The maximum Gasteiger partial charge on any atom is 0.325 e. The number of carbonyl (C=O) groups is 2. The van der Waals surface area contributed by atoms with Crippen molar-refractivity contribution in [3.05, 3.63) is 54.7 Å². The number of fused-ring (bicyclic) bond motifs is 1. The molecule has 2 N–H and O–H groups in total. The first-order valence-corrected chi connectivity index (χ1v) is 11.3. The maximum absolute atomic E-state index is 12.2. The molecule has 0 unspecified atom stereocenters. The molecule has 0 saturated heterocycles. The molecule has 9 nitrogen and oxygen atoms in total. The highest BCUT2D eigenvalue weighted by Gasteiger charge is 2.20. The number of amides is 1. The van der Waals surface area contributed by atoms with Gasteiger partial charge in [-0.3, -0.25) is 14.2 Å². The van der Waals surface area contributed by atoms with Crippen molar-refractivity contribution < 1.29 is 19.1 Å². The number of carbonyl (C=O) groups excluding carboxylic acids is 2. The van der Waals surface area contributed by atoms with Crippen molar-refractivity contribution in [2.75, 3.05) is 26.0 Å². The van der Waals surface area contributed by atoms with Gasteiger partial charge < -0.3 is 19.8 Å². The largest absolute Gasteiger partial charge is 0.497 e. The first-order chi connectivity index (χ1) is 16.1. The molecule has 0 spiro atoms. The van der Waals surface area contributed by atoms with Crippen molar-refractivity contribution in [3.63, 3.8) is 0 Å². The SMILES string of the molecule is CCOC(=O)CNC(=O)CSc1nnc(-c2c[nH]c3ccccc23)n1-c1ccc(OC)cc1. The van der Waals surface area contributed by atoms with Gasteiger partial charge in [-0.15, -0.1) is 10.2 Å². The number of nitrogens with one attached hydrogen (secondary N) is 2. The Morgan fingerprint density at radius 2 is 1.91 bits per heavy atom. The molecule has 2 heterocycles. The zero-order chi connectivity index (χ0) is 23.2. The van der Waals surface area contributed by atoms with E-state index in [1.807, 2.05) is 59.3 Å². The smallest absolute Gasteiger partial charge is 0.325 e. The number of benzene rings is 2. The summed E-state index contributed by atoms with van der Waals surface area (Å²) in [5.74, 6) is 0.673. The molecule has 0 radical (unpaired) electrons. The van der Waals surface area contributed by atoms with E-state index in [9.17, 15) is 9.59 Å². The number of nitrogens with zero attached hydrogens (tertiary/aromatic N) is 3. The van der Waals surface area contributed by atoms with Gasteiger partial charge in [-0.1, -0.05) is 30.0 Å². The highest BCUT2D eigenvalue weighted by atomic mass is 32.2. The monoisotopic (exact) mass is 465 g/mol. The molecule has 0 aliphatic carbocycles. The van der Waals surface area contributed by atoms with Gasteiger partial charge >= 0.3 is 5.97 Å². The van der Waals surface area contributed by atoms with Crippen molar-refractivity contribution in [3.8, 4) is 22.8 Å². The van der Waals surface area contributed by atoms with E-state index in [1.165, 1.54) is 11.8 Å². The predicted octanol–water partition coefficient (Wildman–Crippen LogP) is 3.20. The number of aromatic nitrogens is 4. The number of rotatable bonds is 9. The van der Waals surface area contributed by atoms with Crippen molar-refractivity contribution in [2.24, 2.45) is 0 Å². The second-order valence-corrected chi connectivity index (χ2v) is 7.90. The van der Waals surface area contributed by atoms with E-state index in [0.29, 0.717) is 11.0 Å². The van der Waals surface area contributed by atoms with Crippen LogP contribution in [-0.4, -0.2) is 57.6 Å². The third kappa shape index (κ3) is 5.01. The van der Waals surface area contributed by atoms with Crippen LogP contribution < -0.4 is 10.1 Å². The Hall–Kier alpha value is -3.79. The van der Waals surface area contributed by atoms with E-state index in [1.54, 1.807) is 14.0 Å². The zero-order valence-corrected chi connectivity index (χ0v) is 19.0. The van der Waals surface area contributed by atoms with E-state index in [-0.39, 0.29) is 24.8 Å². The first kappa shape index (κ1) is 22.4. The molecule has 2 aromatic heterocycles. The summed E-state index contributed by atoms with van der Waals surface area (Å²) in [6, 6.07) is 15.5. The summed E-state index contributed by atoms with van der Waals surface area (Å²) in [5.41, 5.74) is 2.72. The van der Waals surface area contributed by atoms with Crippen LogP contribution >= 0.6 is 11.8 Å². The minimum Gasteiger partial charge on any atom is -0.497 e. The predicted molar refractivity (Wildman–Crippen MR) is 126 cm³/mol. The van der Waals surface area contributed by atoms with Gasteiger partial charge in [0.1, 0.15) is 12.3 Å². The minimum absolute atomic E-state index is 0.0710. The molecule has 0 atom stereocenters. The van der Waals surface area contributed by atoms with Crippen LogP contribution in [0.25, 0.3) is 28.0 Å². The molecule has 1 amide bonds. The van der Waals surface area contributed by atoms with Gasteiger partial charge in [-0.05, 0) is 37.3 Å². The van der Waals surface area contributed by atoms with E-state index in [2.05, 4.69) is 20.5 Å². The van der Waals surface area contributed by atoms with Crippen LogP contribution in [0, 0.1) is 0 Å². The van der Waals surface area contributed by atoms with Gasteiger partial charge in [0.2, 0.25) is 5.91 Å². The summed E-state index contributed by atoms with van der Waals surface area (Å²) < 4.78 is 12.0. The molecule has 4 aromatic rings. The second kappa shape index (κ2) is 10.2. The fourth-order valence-electron chi connectivity index (χ4n) is 3.32. The Balaban J connectivity index is 1.63. The number of ether oxygens (including phenoxy) is 2. The fourth-order valence-corrected chi connectivity index (χ4v) is 4.10. The molecule has 0 bridgehead atoms. The molecule has 0 aliphatic rings.